The van der Waals surface area contributed by atoms with Crippen LogP contribution in [0.3, 0.4) is 0 Å². The molecule has 0 aliphatic rings. The summed E-state index contributed by atoms with van der Waals surface area (Å²) in [5.41, 5.74) is 8.37. The van der Waals surface area contributed by atoms with Crippen LogP contribution < -0.4 is 5.73 Å². The number of nitrogens with two attached hydrogens (primary N) is 1. The molecule has 0 rings (SSSR count). The van der Waals surface area contributed by atoms with Gasteiger partial charge >= 0.3 is 0 Å². The smallest absolute Gasteiger partial charge is 0.100 e. The van der Waals surface area contributed by atoms with E-state index >= 15 is 0 Å². The lowest BCUT2D eigenvalue weighted by Crippen LogP contribution is -1.90. The SMILES string of the molecule is C=C/C=C(/F)CC/C(C)=C(\C=C/N)C(=C)C. The van der Waals surface area contributed by atoms with Crippen molar-refractivity contribution in [3.05, 3.63) is 60.1 Å². The van der Waals surface area contributed by atoms with Crippen LogP contribution in [0.4, 0.5) is 4.39 Å². The molecule has 0 bridgehead atoms. The fourth-order valence-electron chi connectivity index (χ4n) is 1.40. The highest BCUT2D eigenvalue weighted by Gasteiger charge is 2.02. The number of allylic oxidation sites excluding steroid dienone is 7. The van der Waals surface area contributed by atoms with Crippen molar-refractivity contribution in [1.29, 1.82) is 0 Å². The molecule has 0 aliphatic heterocycles. The van der Waals surface area contributed by atoms with Gasteiger partial charge in [-0.25, -0.2) is 4.39 Å². The van der Waals surface area contributed by atoms with Crippen molar-refractivity contribution in [3.63, 3.8) is 0 Å². The average Bonchev–Trinajstić information content (AvgIpc) is 2.22. The van der Waals surface area contributed by atoms with E-state index in [4.69, 9.17) is 5.73 Å². The molecule has 2 N–H and O–H groups in total. The Bertz CT molecular complexity index is 346. The molecule has 88 valence electrons. The standard InChI is InChI=1S/C14H20FN/c1-5-6-13(15)8-7-12(4)14(9-10-16)11(2)3/h5-6,9-10H,1-2,7-8,16H2,3-4H3/b10-9-,13-6+,14-12+. The van der Waals surface area contributed by atoms with Crippen molar-refractivity contribution in [2.75, 3.05) is 0 Å². The molecule has 0 aromatic heterocycles. The van der Waals surface area contributed by atoms with Gasteiger partial charge in [-0.05, 0) is 44.2 Å². The summed E-state index contributed by atoms with van der Waals surface area (Å²) in [5, 5.41) is 0. The lowest BCUT2D eigenvalue weighted by molar-refractivity contribution is 0.587. The topological polar surface area (TPSA) is 26.0 Å². The molecular weight excluding hydrogens is 201 g/mol. The van der Waals surface area contributed by atoms with E-state index in [2.05, 4.69) is 13.2 Å². The minimum Gasteiger partial charge on any atom is -0.405 e. The molecule has 0 radical (unpaired) electrons. The van der Waals surface area contributed by atoms with Crippen LogP contribution >= 0.6 is 0 Å². The van der Waals surface area contributed by atoms with E-state index in [1.807, 2.05) is 13.8 Å². The molecule has 0 unspecified atom stereocenters. The molecule has 1 nitrogen and oxygen atoms in total. The summed E-state index contributed by atoms with van der Waals surface area (Å²) in [5.74, 6) is -0.160. The zero-order valence-electron chi connectivity index (χ0n) is 10.1. The average molecular weight is 221 g/mol. The predicted molar refractivity (Wildman–Crippen MR) is 69.5 cm³/mol. The minimum absolute atomic E-state index is 0.160. The first-order valence-corrected chi connectivity index (χ1v) is 5.24. The molecule has 0 aromatic rings. The molecule has 16 heavy (non-hydrogen) atoms. The quantitative estimate of drug-likeness (QED) is 0.669. The highest BCUT2D eigenvalue weighted by Crippen LogP contribution is 2.20. The van der Waals surface area contributed by atoms with Gasteiger partial charge in [0.15, 0.2) is 0 Å². The third-order valence-corrected chi connectivity index (χ3v) is 2.22. The van der Waals surface area contributed by atoms with Crippen LogP contribution in [0.1, 0.15) is 26.7 Å². The molecule has 0 saturated carbocycles. The largest absolute Gasteiger partial charge is 0.405 e. The van der Waals surface area contributed by atoms with Gasteiger partial charge in [0.1, 0.15) is 5.83 Å². The number of hydrogen-bond acceptors (Lipinski definition) is 1. The number of rotatable bonds is 6. The van der Waals surface area contributed by atoms with E-state index in [1.54, 1.807) is 6.08 Å². The van der Waals surface area contributed by atoms with Crippen LogP contribution in [-0.2, 0) is 0 Å². The van der Waals surface area contributed by atoms with Gasteiger partial charge in [-0.1, -0.05) is 30.4 Å². The molecule has 0 amide bonds. The second kappa shape index (κ2) is 7.69. The van der Waals surface area contributed by atoms with Gasteiger partial charge in [-0.15, -0.1) is 0 Å². The molecule has 0 saturated heterocycles. The number of halogens is 1. The zero-order valence-corrected chi connectivity index (χ0v) is 10.1. The van der Waals surface area contributed by atoms with Gasteiger partial charge in [-0.2, -0.15) is 0 Å². The second-order valence-corrected chi connectivity index (χ2v) is 3.68. The molecule has 0 spiro atoms. The van der Waals surface area contributed by atoms with Crippen molar-refractivity contribution in [2.24, 2.45) is 5.73 Å². The van der Waals surface area contributed by atoms with Gasteiger partial charge in [0.25, 0.3) is 0 Å². The maximum absolute atomic E-state index is 13.1. The number of hydrogen-bond donors (Lipinski definition) is 1. The van der Waals surface area contributed by atoms with Crippen molar-refractivity contribution < 1.29 is 4.39 Å². The Morgan fingerprint density at radius 2 is 1.94 bits per heavy atom. The summed E-state index contributed by atoms with van der Waals surface area (Å²) >= 11 is 0. The summed E-state index contributed by atoms with van der Waals surface area (Å²) in [6.07, 6.45) is 7.15. The van der Waals surface area contributed by atoms with Gasteiger partial charge < -0.3 is 5.73 Å². The Morgan fingerprint density at radius 1 is 1.31 bits per heavy atom. The third kappa shape index (κ3) is 5.35. The Kier molecular flexibility index (Phi) is 6.93. The Hall–Kier alpha value is -1.57. The van der Waals surface area contributed by atoms with Gasteiger partial charge in [0.2, 0.25) is 0 Å². The summed E-state index contributed by atoms with van der Waals surface area (Å²) < 4.78 is 13.1. The fraction of sp³-hybridized carbons (Fsp3) is 0.286. The second-order valence-electron chi connectivity index (χ2n) is 3.68. The van der Waals surface area contributed by atoms with Crippen LogP contribution in [-0.4, -0.2) is 0 Å². The highest BCUT2D eigenvalue weighted by molar-refractivity contribution is 5.40. The first-order chi connectivity index (χ1) is 7.52. The molecule has 0 aromatic carbocycles. The molecule has 0 heterocycles. The molecular formula is C14H20FN. The van der Waals surface area contributed by atoms with Crippen molar-refractivity contribution in [3.8, 4) is 0 Å². The maximum atomic E-state index is 13.1. The van der Waals surface area contributed by atoms with Crippen LogP contribution in [0.15, 0.2) is 60.1 Å². The molecule has 0 fully saturated rings. The lowest BCUT2D eigenvalue weighted by Gasteiger charge is -2.07. The van der Waals surface area contributed by atoms with E-state index in [-0.39, 0.29) is 5.83 Å². The Labute approximate surface area is 97.5 Å². The van der Waals surface area contributed by atoms with E-state index in [9.17, 15) is 4.39 Å². The normalized spacial score (nSPS) is 13.8. The van der Waals surface area contributed by atoms with Crippen LogP contribution in [0.2, 0.25) is 0 Å². The van der Waals surface area contributed by atoms with Crippen LogP contribution in [0.5, 0.6) is 0 Å². The van der Waals surface area contributed by atoms with E-state index in [1.165, 1.54) is 18.4 Å². The van der Waals surface area contributed by atoms with Crippen molar-refractivity contribution in [2.45, 2.75) is 26.7 Å². The Balaban J connectivity index is 4.67. The molecule has 0 atom stereocenters. The van der Waals surface area contributed by atoms with Gasteiger partial charge in [0.05, 0.1) is 0 Å². The maximum Gasteiger partial charge on any atom is 0.100 e. The third-order valence-electron chi connectivity index (χ3n) is 2.22. The van der Waals surface area contributed by atoms with E-state index in [0.717, 1.165) is 16.7 Å². The Morgan fingerprint density at radius 3 is 2.38 bits per heavy atom. The van der Waals surface area contributed by atoms with Crippen LogP contribution in [0, 0.1) is 0 Å². The summed E-state index contributed by atoms with van der Waals surface area (Å²) in [4.78, 5) is 0. The predicted octanol–water partition coefficient (Wildman–Crippen LogP) is 4.17. The van der Waals surface area contributed by atoms with Gasteiger partial charge in [0, 0.05) is 6.42 Å². The first-order valence-electron chi connectivity index (χ1n) is 5.24. The van der Waals surface area contributed by atoms with E-state index < -0.39 is 0 Å². The summed E-state index contributed by atoms with van der Waals surface area (Å²) in [7, 11) is 0. The zero-order chi connectivity index (χ0) is 12.6. The minimum atomic E-state index is -0.160. The van der Waals surface area contributed by atoms with Crippen LogP contribution in [0.25, 0.3) is 0 Å². The molecule has 2 heteroatoms. The lowest BCUT2D eigenvalue weighted by atomic mass is 9.99. The van der Waals surface area contributed by atoms with E-state index in [0.29, 0.717) is 12.8 Å². The van der Waals surface area contributed by atoms with Gasteiger partial charge in [-0.3, -0.25) is 0 Å². The summed E-state index contributed by atoms with van der Waals surface area (Å²) in [6, 6.07) is 0. The van der Waals surface area contributed by atoms with Crippen molar-refractivity contribution >= 4 is 0 Å². The van der Waals surface area contributed by atoms with Crippen molar-refractivity contribution in [1.82, 2.24) is 0 Å². The summed E-state index contributed by atoms with van der Waals surface area (Å²) in [6.45, 7) is 11.2. The fourth-order valence-corrected chi connectivity index (χ4v) is 1.40. The first kappa shape index (κ1) is 14.4. The highest BCUT2D eigenvalue weighted by atomic mass is 19.1. The monoisotopic (exact) mass is 221 g/mol. The molecule has 0 aliphatic carbocycles.